The molecule has 6 heteroatoms. The minimum atomic E-state index is -0.632. The van der Waals surface area contributed by atoms with Crippen molar-refractivity contribution in [3.63, 3.8) is 0 Å². The van der Waals surface area contributed by atoms with Gasteiger partial charge >= 0.3 is 11.9 Å². The minimum Gasteiger partial charge on any atom is -0.494 e. The molecule has 0 aromatic heterocycles. The van der Waals surface area contributed by atoms with Crippen LogP contribution in [0.4, 0.5) is 0 Å². The van der Waals surface area contributed by atoms with Crippen LogP contribution < -0.4 is 4.74 Å². The van der Waals surface area contributed by atoms with E-state index in [0.29, 0.717) is 35.0 Å². The normalized spacial score (nSPS) is 14.7. The number of benzene rings is 1. The maximum atomic E-state index is 12.6. The van der Waals surface area contributed by atoms with Gasteiger partial charge in [-0.2, -0.15) is 0 Å². The summed E-state index contributed by atoms with van der Waals surface area (Å²) in [7, 11) is 0. The summed E-state index contributed by atoms with van der Waals surface area (Å²) < 4.78 is 21.6. The lowest BCUT2D eigenvalue weighted by atomic mass is 9.81. The summed E-state index contributed by atoms with van der Waals surface area (Å²) >= 11 is 0. The van der Waals surface area contributed by atoms with Crippen LogP contribution in [-0.2, 0) is 23.8 Å². The number of carbonyl (C=O) groups is 2. The molecule has 0 atom stereocenters. The Labute approximate surface area is 159 Å². The van der Waals surface area contributed by atoms with Crippen molar-refractivity contribution in [2.24, 2.45) is 0 Å². The molecule has 27 heavy (non-hydrogen) atoms. The number of esters is 2. The number of allylic oxidation sites excluding steroid dienone is 2. The third-order valence-electron chi connectivity index (χ3n) is 4.16. The lowest BCUT2D eigenvalue weighted by Gasteiger charge is -2.29. The van der Waals surface area contributed by atoms with Crippen molar-refractivity contribution in [3.8, 4) is 5.75 Å². The van der Waals surface area contributed by atoms with Gasteiger partial charge in [0.2, 0.25) is 0 Å². The van der Waals surface area contributed by atoms with E-state index in [9.17, 15) is 9.59 Å². The van der Waals surface area contributed by atoms with Crippen LogP contribution in [0.2, 0.25) is 0 Å². The van der Waals surface area contributed by atoms with Gasteiger partial charge in [0.1, 0.15) is 17.3 Å². The Bertz CT molecular complexity index is 717. The van der Waals surface area contributed by atoms with E-state index in [1.165, 1.54) is 0 Å². The van der Waals surface area contributed by atoms with Gasteiger partial charge in [-0.15, -0.1) is 0 Å². The van der Waals surface area contributed by atoms with E-state index in [0.717, 1.165) is 5.56 Å². The van der Waals surface area contributed by atoms with E-state index in [1.54, 1.807) is 27.7 Å². The summed E-state index contributed by atoms with van der Waals surface area (Å²) in [6, 6.07) is 7.29. The number of carbonyl (C=O) groups excluding carboxylic acids is 2. The van der Waals surface area contributed by atoms with Gasteiger partial charge in [-0.1, -0.05) is 12.1 Å². The van der Waals surface area contributed by atoms with Crippen LogP contribution in [-0.4, -0.2) is 31.8 Å². The van der Waals surface area contributed by atoms with Crippen LogP contribution in [0, 0.1) is 0 Å². The summed E-state index contributed by atoms with van der Waals surface area (Å²) in [5.41, 5.74) is 1.36. The Hall–Kier alpha value is -2.76. The molecule has 1 aliphatic rings. The largest absolute Gasteiger partial charge is 0.494 e. The summed E-state index contributed by atoms with van der Waals surface area (Å²) in [5.74, 6) is -0.111. The maximum absolute atomic E-state index is 12.6. The van der Waals surface area contributed by atoms with Crippen molar-refractivity contribution < 1.29 is 28.5 Å². The first-order valence-electron chi connectivity index (χ1n) is 9.10. The Balaban J connectivity index is 2.57. The highest BCUT2D eigenvalue weighted by atomic mass is 16.5. The van der Waals surface area contributed by atoms with E-state index < -0.39 is 17.9 Å². The molecule has 0 fully saturated rings. The average molecular weight is 374 g/mol. The third-order valence-corrected chi connectivity index (χ3v) is 4.16. The topological polar surface area (TPSA) is 71.1 Å². The summed E-state index contributed by atoms with van der Waals surface area (Å²) in [5, 5.41) is 0. The maximum Gasteiger partial charge on any atom is 0.338 e. The fourth-order valence-corrected chi connectivity index (χ4v) is 3.09. The van der Waals surface area contributed by atoms with Crippen LogP contribution in [0.25, 0.3) is 0 Å². The molecule has 0 saturated carbocycles. The highest BCUT2D eigenvalue weighted by molar-refractivity contribution is 5.99. The molecular formula is C21H26O6. The van der Waals surface area contributed by atoms with Crippen molar-refractivity contribution in [1.29, 1.82) is 0 Å². The van der Waals surface area contributed by atoms with Gasteiger partial charge in [0.15, 0.2) is 0 Å². The molecule has 1 aromatic carbocycles. The van der Waals surface area contributed by atoms with Gasteiger partial charge in [-0.05, 0) is 52.3 Å². The number of rotatable bonds is 7. The molecular weight excluding hydrogens is 348 g/mol. The van der Waals surface area contributed by atoms with Crippen molar-refractivity contribution in [2.45, 2.75) is 40.5 Å². The molecule has 0 aliphatic carbocycles. The van der Waals surface area contributed by atoms with E-state index >= 15 is 0 Å². The summed E-state index contributed by atoms with van der Waals surface area (Å²) in [4.78, 5) is 25.3. The van der Waals surface area contributed by atoms with E-state index in [1.807, 2.05) is 31.2 Å². The van der Waals surface area contributed by atoms with Crippen molar-refractivity contribution in [3.05, 3.63) is 52.5 Å². The van der Waals surface area contributed by atoms with Gasteiger partial charge in [0.05, 0.1) is 36.9 Å². The second-order valence-electron chi connectivity index (χ2n) is 5.92. The van der Waals surface area contributed by atoms with Gasteiger partial charge in [0, 0.05) is 0 Å². The molecule has 0 spiro atoms. The number of hydrogen-bond acceptors (Lipinski definition) is 6. The molecule has 0 radical (unpaired) electrons. The molecule has 0 unspecified atom stereocenters. The second-order valence-corrected chi connectivity index (χ2v) is 5.92. The highest BCUT2D eigenvalue weighted by Gasteiger charge is 2.39. The zero-order valence-corrected chi connectivity index (χ0v) is 16.5. The molecule has 6 nitrogen and oxygen atoms in total. The summed E-state index contributed by atoms with van der Waals surface area (Å²) in [6.07, 6.45) is 0. The standard InChI is InChI=1S/C21H26O6/c1-6-24-16-11-9-15(10-12-16)19-17(20(22)25-7-2)13(4)27-14(5)18(19)21(23)26-8-3/h9-12,19H,6-8H2,1-5H3. The lowest BCUT2D eigenvalue weighted by Crippen LogP contribution is -2.27. The Kier molecular flexibility index (Phi) is 7.05. The van der Waals surface area contributed by atoms with E-state index in [4.69, 9.17) is 18.9 Å². The van der Waals surface area contributed by atoms with Crippen LogP contribution in [0.15, 0.2) is 46.9 Å². The first kappa shape index (κ1) is 20.6. The predicted molar refractivity (Wildman–Crippen MR) is 100 cm³/mol. The van der Waals surface area contributed by atoms with Gasteiger partial charge in [-0.3, -0.25) is 0 Å². The molecule has 1 aromatic rings. The monoisotopic (exact) mass is 374 g/mol. The van der Waals surface area contributed by atoms with Gasteiger partial charge in [-0.25, -0.2) is 9.59 Å². The van der Waals surface area contributed by atoms with Crippen molar-refractivity contribution >= 4 is 11.9 Å². The van der Waals surface area contributed by atoms with Gasteiger partial charge in [0.25, 0.3) is 0 Å². The first-order valence-corrected chi connectivity index (χ1v) is 9.10. The molecule has 146 valence electrons. The lowest BCUT2D eigenvalue weighted by molar-refractivity contribution is -0.140. The van der Waals surface area contributed by atoms with E-state index in [2.05, 4.69) is 0 Å². The van der Waals surface area contributed by atoms with E-state index in [-0.39, 0.29) is 13.2 Å². The SMILES string of the molecule is CCOC(=O)C1=C(C)OC(C)=C(C(=O)OCC)C1c1ccc(OCC)cc1. The molecule has 2 rings (SSSR count). The number of ether oxygens (including phenoxy) is 4. The van der Waals surface area contributed by atoms with Crippen LogP contribution in [0.1, 0.15) is 46.1 Å². The molecule has 0 saturated heterocycles. The quantitative estimate of drug-likeness (QED) is 0.675. The molecule has 0 amide bonds. The van der Waals surface area contributed by atoms with Crippen LogP contribution in [0.3, 0.4) is 0 Å². The van der Waals surface area contributed by atoms with Crippen LogP contribution >= 0.6 is 0 Å². The predicted octanol–water partition coefficient (Wildman–Crippen LogP) is 3.87. The Morgan fingerprint density at radius 3 is 1.74 bits per heavy atom. The third kappa shape index (κ3) is 4.51. The Morgan fingerprint density at radius 2 is 1.33 bits per heavy atom. The molecule has 0 bridgehead atoms. The second kappa shape index (κ2) is 9.26. The highest BCUT2D eigenvalue weighted by Crippen LogP contribution is 2.41. The fraction of sp³-hybridized carbons (Fsp3) is 0.429. The first-order chi connectivity index (χ1) is 12.9. The smallest absolute Gasteiger partial charge is 0.338 e. The summed E-state index contributed by atoms with van der Waals surface area (Å²) in [6.45, 7) is 9.76. The molecule has 1 aliphatic heterocycles. The van der Waals surface area contributed by atoms with Crippen LogP contribution in [0.5, 0.6) is 5.75 Å². The zero-order chi connectivity index (χ0) is 20.0. The number of hydrogen-bond donors (Lipinski definition) is 0. The molecule has 1 heterocycles. The Morgan fingerprint density at radius 1 is 0.852 bits per heavy atom. The van der Waals surface area contributed by atoms with Gasteiger partial charge < -0.3 is 18.9 Å². The van der Waals surface area contributed by atoms with Crippen molar-refractivity contribution in [2.75, 3.05) is 19.8 Å². The average Bonchev–Trinajstić information content (AvgIpc) is 2.62. The fourth-order valence-electron chi connectivity index (χ4n) is 3.09. The molecule has 0 N–H and O–H groups in total. The van der Waals surface area contributed by atoms with Crippen molar-refractivity contribution in [1.82, 2.24) is 0 Å². The zero-order valence-electron chi connectivity index (χ0n) is 16.5. The minimum absolute atomic E-state index is 0.225.